The molecule has 41 heavy (non-hydrogen) atoms. The highest BCUT2D eigenvalue weighted by atomic mass is 32.1. The lowest BCUT2D eigenvalue weighted by molar-refractivity contribution is 0.323. The zero-order valence-electron chi connectivity index (χ0n) is 23.6. The Morgan fingerprint density at radius 3 is 2.00 bits per heavy atom. The third kappa shape index (κ3) is 5.26. The summed E-state index contributed by atoms with van der Waals surface area (Å²) in [4.78, 5) is 19.4. The van der Waals surface area contributed by atoms with E-state index in [2.05, 4.69) is 0 Å². The minimum Gasteiger partial charge on any atom is -0.497 e. The van der Waals surface area contributed by atoms with Gasteiger partial charge in [-0.25, -0.2) is 4.99 Å². The summed E-state index contributed by atoms with van der Waals surface area (Å²) in [6.45, 7) is 0. The molecule has 0 fully saturated rings. The second-order valence-corrected chi connectivity index (χ2v) is 9.99. The van der Waals surface area contributed by atoms with Crippen molar-refractivity contribution >= 4 is 23.1 Å². The Hall–Kier alpha value is -4.70. The van der Waals surface area contributed by atoms with Gasteiger partial charge in [0.15, 0.2) is 27.8 Å². The van der Waals surface area contributed by atoms with Gasteiger partial charge in [0, 0.05) is 5.56 Å². The molecule has 0 N–H and O–H groups in total. The molecular formula is C31H30N2O7S. The monoisotopic (exact) mass is 574 g/mol. The third-order valence-electron chi connectivity index (χ3n) is 6.77. The van der Waals surface area contributed by atoms with Gasteiger partial charge in [-0.1, -0.05) is 23.5 Å². The van der Waals surface area contributed by atoms with Gasteiger partial charge in [-0.2, -0.15) is 0 Å². The Balaban J connectivity index is 1.74. The maximum Gasteiger partial charge on any atom is 0.271 e. The molecule has 1 unspecified atom stereocenters. The first kappa shape index (κ1) is 27.9. The van der Waals surface area contributed by atoms with Gasteiger partial charge >= 0.3 is 0 Å². The minimum atomic E-state index is -0.513. The molecule has 1 aliphatic rings. The molecule has 0 aliphatic carbocycles. The van der Waals surface area contributed by atoms with Crippen LogP contribution in [0.1, 0.15) is 22.7 Å². The molecule has 1 aliphatic heterocycles. The number of ether oxygens (including phenoxy) is 6. The van der Waals surface area contributed by atoms with E-state index in [0.29, 0.717) is 43.8 Å². The highest BCUT2D eigenvalue weighted by Crippen LogP contribution is 2.41. The van der Waals surface area contributed by atoms with E-state index in [1.807, 2.05) is 66.7 Å². The first-order chi connectivity index (χ1) is 19.9. The standard InChI is InChI=1S/C31H30N2O7S/c1-35-21-10-7-18(8-11-21)13-28-30(34)33-23(20-15-26(38-4)29(40-6)27(16-20)39-5)17-22(32-31(33)41-28)19-9-12-24(36-2)25(14-19)37-3/h7-17,23H,1-6H3/b28-13-. The van der Waals surface area contributed by atoms with Crippen molar-refractivity contribution in [3.8, 4) is 34.5 Å². The van der Waals surface area contributed by atoms with Crippen LogP contribution in [0.4, 0.5) is 0 Å². The van der Waals surface area contributed by atoms with E-state index in [-0.39, 0.29) is 5.56 Å². The van der Waals surface area contributed by atoms with Gasteiger partial charge in [-0.05, 0) is 65.7 Å². The van der Waals surface area contributed by atoms with Gasteiger partial charge in [0.25, 0.3) is 5.56 Å². The summed E-state index contributed by atoms with van der Waals surface area (Å²) >= 11 is 1.32. The highest BCUT2D eigenvalue weighted by molar-refractivity contribution is 7.07. The molecule has 1 aromatic heterocycles. The zero-order chi connectivity index (χ0) is 29.1. The quantitative estimate of drug-likeness (QED) is 0.298. The van der Waals surface area contributed by atoms with Crippen molar-refractivity contribution in [2.75, 3.05) is 42.7 Å². The highest BCUT2D eigenvalue weighted by Gasteiger charge is 2.26. The van der Waals surface area contributed by atoms with Crippen LogP contribution in [-0.4, -0.2) is 47.2 Å². The average Bonchev–Trinajstić information content (AvgIpc) is 3.33. The average molecular weight is 575 g/mol. The number of fused-ring (bicyclic) bond motifs is 1. The van der Waals surface area contributed by atoms with E-state index in [1.165, 1.54) is 11.3 Å². The second-order valence-electron chi connectivity index (χ2n) is 8.98. The van der Waals surface area contributed by atoms with Crippen molar-refractivity contribution in [2.24, 2.45) is 4.99 Å². The normalized spacial score (nSPS) is 14.4. The summed E-state index contributed by atoms with van der Waals surface area (Å²) in [5, 5.41) is 0. The van der Waals surface area contributed by atoms with Gasteiger partial charge in [-0.3, -0.25) is 9.36 Å². The number of rotatable bonds is 9. The number of methoxy groups -OCH3 is 6. The molecule has 0 bridgehead atoms. The van der Waals surface area contributed by atoms with Crippen LogP contribution in [0.3, 0.4) is 0 Å². The lowest BCUT2D eigenvalue weighted by Gasteiger charge is -2.22. The van der Waals surface area contributed by atoms with Crippen LogP contribution < -0.4 is 43.3 Å². The predicted molar refractivity (Wildman–Crippen MR) is 158 cm³/mol. The van der Waals surface area contributed by atoms with Crippen molar-refractivity contribution in [3.05, 3.63) is 97.1 Å². The maximum absolute atomic E-state index is 13.9. The van der Waals surface area contributed by atoms with Crippen LogP contribution in [0.15, 0.2) is 70.5 Å². The molecule has 4 aromatic rings. The molecule has 1 atom stereocenters. The van der Waals surface area contributed by atoms with Crippen LogP contribution in [0, 0.1) is 0 Å². The number of hydrogen-bond acceptors (Lipinski definition) is 9. The number of nitrogens with zero attached hydrogens (tertiary/aromatic N) is 2. The number of benzene rings is 3. The van der Waals surface area contributed by atoms with E-state index >= 15 is 0 Å². The number of thiazole rings is 1. The first-order valence-electron chi connectivity index (χ1n) is 12.6. The topological polar surface area (TPSA) is 89.7 Å². The smallest absolute Gasteiger partial charge is 0.271 e. The Kier molecular flexibility index (Phi) is 8.02. The van der Waals surface area contributed by atoms with Crippen molar-refractivity contribution in [2.45, 2.75) is 6.04 Å². The van der Waals surface area contributed by atoms with Gasteiger partial charge in [-0.15, -0.1) is 0 Å². The van der Waals surface area contributed by atoms with Crippen molar-refractivity contribution in [1.29, 1.82) is 0 Å². The summed E-state index contributed by atoms with van der Waals surface area (Å²) in [6, 6.07) is 16.3. The molecule has 2 heterocycles. The van der Waals surface area contributed by atoms with Crippen LogP contribution >= 0.6 is 11.3 Å². The Labute approximate surface area is 241 Å². The number of aromatic nitrogens is 1. The molecule has 212 valence electrons. The van der Waals surface area contributed by atoms with E-state index in [4.69, 9.17) is 33.4 Å². The molecule has 9 nitrogen and oxygen atoms in total. The first-order valence-corrected chi connectivity index (χ1v) is 13.5. The third-order valence-corrected chi connectivity index (χ3v) is 7.75. The van der Waals surface area contributed by atoms with Gasteiger partial charge in [0.2, 0.25) is 5.75 Å². The molecule has 0 saturated carbocycles. The van der Waals surface area contributed by atoms with Gasteiger partial charge < -0.3 is 28.4 Å². The number of hydrogen-bond donors (Lipinski definition) is 0. The Morgan fingerprint density at radius 1 is 0.756 bits per heavy atom. The van der Waals surface area contributed by atoms with Gasteiger partial charge in [0.1, 0.15) is 5.75 Å². The molecule has 0 radical (unpaired) electrons. The van der Waals surface area contributed by atoms with Gasteiger partial charge in [0.05, 0.1) is 58.9 Å². The molecular weight excluding hydrogens is 544 g/mol. The Morgan fingerprint density at radius 2 is 1.41 bits per heavy atom. The largest absolute Gasteiger partial charge is 0.497 e. The SMILES string of the molecule is COc1ccc(/C=c2\sc3n(c2=O)C(c2cc(OC)c(OC)c(OC)c2)C=C(c2ccc(OC)c(OC)c2)N=3)cc1. The molecule has 0 amide bonds. The van der Waals surface area contributed by atoms with Crippen LogP contribution in [-0.2, 0) is 0 Å². The fourth-order valence-corrected chi connectivity index (χ4v) is 5.72. The van der Waals surface area contributed by atoms with Crippen LogP contribution in [0.25, 0.3) is 11.8 Å². The summed E-state index contributed by atoms with van der Waals surface area (Å²) in [5.74, 6) is 3.37. The predicted octanol–water partition coefficient (Wildman–Crippen LogP) is 4.05. The molecule has 5 rings (SSSR count). The summed E-state index contributed by atoms with van der Waals surface area (Å²) in [5.41, 5.74) is 2.98. The summed E-state index contributed by atoms with van der Waals surface area (Å²) in [6.07, 6.45) is 3.80. The molecule has 0 saturated heterocycles. The molecule has 3 aromatic carbocycles. The lowest BCUT2D eigenvalue weighted by atomic mass is 10.0. The molecule has 0 spiro atoms. The van der Waals surface area contributed by atoms with Crippen LogP contribution in [0.5, 0.6) is 34.5 Å². The fourth-order valence-electron chi connectivity index (χ4n) is 4.70. The van der Waals surface area contributed by atoms with E-state index in [0.717, 1.165) is 22.4 Å². The maximum atomic E-state index is 13.9. The zero-order valence-corrected chi connectivity index (χ0v) is 24.4. The fraction of sp³-hybridized carbons (Fsp3) is 0.226. The molecule has 10 heteroatoms. The second kappa shape index (κ2) is 11.8. The van der Waals surface area contributed by atoms with E-state index in [9.17, 15) is 4.79 Å². The van der Waals surface area contributed by atoms with E-state index < -0.39 is 6.04 Å². The Bertz CT molecular complexity index is 1760. The van der Waals surface area contributed by atoms with Crippen LogP contribution in [0.2, 0.25) is 0 Å². The van der Waals surface area contributed by atoms with Crippen molar-refractivity contribution in [1.82, 2.24) is 4.57 Å². The number of allylic oxidation sites excluding steroid dienone is 1. The van der Waals surface area contributed by atoms with Crippen molar-refractivity contribution in [3.63, 3.8) is 0 Å². The van der Waals surface area contributed by atoms with E-state index in [1.54, 1.807) is 47.2 Å². The van der Waals surface area contributed by atoms with Crippen molar-refractivity contribution < 1.29 is 28.4 Å². The lowest BCUT2D eigenvalue weighted by Crippen LogP contribution is -2.36. The summed E-state index contributed by atoms with van der Waals surface area (Å²) < 4.78 is 35.2. The summed E-state index contributed by atoms with van der Waals surface area (Å²) in [7, 11) is 9.47. The minimum absolute atomic E-state index is 0.161.